The van der Waals surface area contributed by atoms with Gasteiger partial charge in [0, 0.05) is 12.1 Å². The molecule has 0 aliphatic rings. The summed E-state index contributed by atoms with van der Waals surface area (Å²) in [5.74, 6) is -0.833. The third-order valence-corrected chi connectivity index (χ3v) is 2.44. The molecule has 0 heterocycles. The Morgan fingerprint density at radius 1 is 1.50 bits per heavy atom. The van der Waals surface area contributed by atoms with E-state index in [-0.39, 0.29) is 17.2 Å². The highest BCUT2D eigenvalue weighted by Gasteiger charge is 2.08. The Kier molecular flexibility index (Phi) is 5.32. The molecule has 6 heteroatoms. The number of aliphatic carboxylic acids is 1. The molecule has 0 fully saturated rings. The number of carbonyl (C=O) groups excluding carboxylic acids is 1. The lowest BCUT2D eigenvalue weighted by Gasteiger charge is -2.08. The number of carbonyl (C=O) groups is 2. The first kappa shape index (κ1) is 14.2. The smallest absolute Gasteiger partial charge is 0.341 e. The van der Waals surface area contributed by atoms with Crippen molar-refractivity contribution in [2.45, 2.75) is 12.8 Å². The molecule has 5 nitrogen and oxygen atoms in total. The maximum Gasteiger partial charge on any atom is 0.341 e. The van der Waals surface area contributed by atoms with E-state index in [4.69, 9.17) is 26.9 Å². The minimum Gasteiger partial charge on any atom is -0.480 e. The molecule has 2 N–H and O–H groups in total. The predicted molar refractivity (Wildman–Crippen MR) is 66.7 cm³/mol. The summed E-state index contributed by atoms with van der Waals surface area (Å²) in [5.41, 5.74) is 0.887. The van der Waals surface area contributed by atoms with Crippen LogP contribution < -0.4 is 4.74 Å². The fraction of sp³-hybridized carbons (Fsp3) is 0.250. The number of aldehydes is 1. The van der Waals surface area contributed by atoms with Crippen LogP contribution in [0.15, 0.2) is 18.2 Å². The average molecular weight is 270 g/mol. The van der Waals surface area contributed by atoms with Gasteiger partial charge in [0.1, 0.15) is 12.0 Å². The number of carboxylic acids is 1. The molecule has 0 bridgehead atoms. The summed E-state index contributed by atoms with van der Waals surface area (Å²) in [6.07, 6.45) is 1.38. The molecule has 96 valence electrons. The predicted octanol–water partition coefficient (Wildman–Crippen LogP) is 2.15. The Bertz CT molecular complexity index is 473. The number of benzene rings is 1. The number of hydrogen-bond acceptors (Lipinski definition) is 4. The maximum absolute atomic E-state index is 10.3. The van der Waals surface area contributed by atoms with Gasteiger partial charge in [-0.05, 0) is 30.2 Å². The topological polar surface area (TPSA) is 87.5 Å². The summed E-state index contributed by atoms with van der Waals surface area (Å²) in [7, 11) is 0. The second kappa shape index (κ2) is 6.76. The van der Waals surface area contributed by atoms with Gasteiger partial charge >= 0.3 is 5.97 Å². The molecular weight excluding hydrogens is 258 g/mol. The zero-order chi connectivity index (χ0) is 13.5. The van der Waals surface area contributed by atoms with Crippen LogP contribution in [0.4, 0.5) is 0 Å². The minimum absolute atomic E-state index is 0.240. The third-order valence-electron chi connectivity index (χ3n) is 2.14. The van der Waals surface area contributed by atoms with Gasteiger partial charge in [-0.1, -0.05) is 11.6 Å². The average Bonchev–Trinajstić information content (AvgIpc) is 2.34. The quantitative estimate of drug-likeness (QED) is 0.586. The van der Waals surface area contributed by atoms with Crippen molar-refractivity contribution in [2.24, 2.45) is 0 Å². The van der Waals surface area contributed by atoms with Gasteiger partial charge in [-0.3, -0.25) is 0 Å². The molecule has 0 saturated heterocycles. The summed E-state index contributed by atoms with van der Waals surface area (Å²) in [5, 5.41) is 16.4. The van der Waals surface area contributed by atoms with E-state index < -0.39 is 12.6 Å². The summed E-state index contributed by atoms with van der Waals surface area (Å²) < 4.78 is 4.96. The Morgan fingerprint density at radius 2 is 2.22 bits per heavy atom. The standard InChI is InChI=1S/C12H12ClNO4/c13-9-6-8(10(14)2-1-5-15)3-4-11(9)18-7-12(16)17/h3-6,14H,1-2,7H2,(H,16,17). The molecule has 0 spiro atoms. The van der Waals surface area contributed by atoms with Gasteiger partial charge in [0.05, 0.1) is 5.02 Å². The second-order valence-electron chi connectivity index (χ2n) is 3.51. The van der Waals surface area contributed by atoms with E-state index in [2.05, 4.69) is 0 Å². The molecule has 18 heavy (non-hydrogen) atoms. The molecule has 0 radical (unpaired) electrons. The van der Waals surface area contributed by atoms with Gasteiger partial charge in [-0.25, -0.2) is 4.79 Å². The lowest BCUT2D eigenvalue weighted by atomic mass is 10.1. The fourth-order valence-corrected chi connectivity index (χ4v) is 1.53. The van der Waals surface area contributed by atoms with Gasteiger partial charge < -0.3 is 20.0 Å². The van der Waals surface area contributed by atoms with Crippen LogP contribution in [0.5, 0.6) is 5.75 Å². The van der Waals surface area contributed by atoms with E-state index in [1.54, 1.807) is 6.07 Å². The zero-order valence-electron chi connectivity index (χ0n) is 9.48. The first-order chi connectivity index (χ1) is 8.54. The number of carboxylic acid groups (broad SMARTS) is 1. The van der Waals surface area contributed by atoms with Crippen molar-refractivity contribution >= 4 is 29.6 Å². The molecule has 0 aliphatic heterocycles. The van der Waals surface area contributed by atoms with Crippen LogP contribution >= 0.6 is 11.6 Å². The first-order valence-electron chi connectivity index (χ1n) is 5.20. The molecule has 1 rings (SSSR count). The largest absolute Gasteiger partial charge is 0.480 e. The van der Waals surface area contributed by atoms with Gasteiger partial charge in [0.15, 0.2) is 6.61 Å². The SMILES string of the molecule is N=C(CCC=O)c1ccc(OCC(=O)O)c(Cl)c1. The normalized spacial score (nSPS) is 9.83. The fourth-order valence-electron chi connectivity index (χ4n) is 1.29. The molecule has 0 amide bonds. The third kappa shape index (κ3) is 4.18. The number of nitrogens with one attached hydrogen (secondary N) is 1. The number of ether oxygens (including phenoxy) is 1. The number of halogens is 1. The minimum atomic E-state index is -1.09. The Morgan fingerprint density at radius 3 is 2.78 bits per heavy atom. The molecule has 1 aromatic rings. The molecular formula is C12H12ClNO4. The summed E-state index contributed by atoms with van der Waals surface area (Å²) in [6, 6.07) is 4.64. The van der Waals surface area contributed by atoms with Crippen LogP contribution in [0.25, 0.3) is 0 Å². The monoisotopic (exact) mass is 269 g/mol. The summed E-state index contributed by atoms with van der Waals surface area (Å²) >= 11 is 5.91. The number of rotatable bonds is 7. The van der Waals surface area contributed by atoms with E-state index in [0.717, 1.165) is 6.29 Å². The van der Waals surface area contributed by atoms with Crippen molar-refractivity contribution in [2.75, 3.05) is 6.61 Å². The Labute approximate surface area is 109 Å². The van der Waals surface area contributed by atoms with E-state index >= 15 is 0 Å². The molecule has 0 unspecified atom stereocenters. The van der Waals surface area contributed by atoms with Gasteiger partial charge in [0.2, 0.25) is 0 Å². The Hall–Kier alpha value is -1.88. The highest BCUT2D eigenvalue weighted by Crippen LogP contribution is 2.26. The van der Waals surface area contributed by atoms with Crippen LogP contribution in [0.3, 0.4) is 0 Å². The van der Waals surface area contributed by atoms with Gasteiger partial charge in [-0.15, -0.1) is 0 Å². The molecule has 0 saturated carbocycles. The van der Waals surface area contributed by atoms with Crippen molar-refractivity contribution in [3.8, 4) is 5.75 Å². The second-order valence-corrected chi connectivity index (χ2v) is 3.92. The van der Waals surface area contributed by atoms with Crippen LogP contribution in [0.1, 0.15) is 18.4 Å². The molecule has 0 atom stereocenters. The van der Waals surface area contributed by atoms with E-state index in [0.29, 0.717) is 17.7 Å². The number of hydrogen-bond donors (Lipinski definition) is 2. The highest BCUT2D eigenvalue weighted by molar-refractivity contribution is 6.32. The first-order valence-corrected chi connectivity index (χ1v) is 5.58. The van der Waals surface area contributed by atoms with Crippen LogP contribution in [0.2, 0.25) is 5.02 Å². The summed E-state index contributed by atoms with van der Waals surface area (Å²) in [6.45, 7) is -0.471. The Balaban J connectivity index is 2.75. The zero-order valence-corrected chi connectivity index (χ0v) is 10.2. The van der Waals surface area contributed by atoms with Crippen molar-refractivity contribution in [1.29, 1.82) is 5.41 Å². The highest BCUT2D eigenvalue weighted by atomic mass is 35.5. The van der Waals surface area contributed by atoms with Crippen LogP contribution in [-0.2, 0) is 9.59 Å². The van der Waals surface area contributed by atoms with Crippen molar-refractivity contribution in [3.63, 3.8) is 0 Å². The van der Waals surface area contributed by atoms with Crippen molar-refractivity contribution in [1.82, 2.24) is 0 Å². The van der Waals surface area contributed by atoms with E-state index in [1.807, 2.05) is 0 Å². The lowest BCUT2D eigenvalue weighted by Crippen LogP contribution is -2.10. The van der Waals surface area contributed by atoms with E-state index in [1.165, 1.54) is 12.1 Å². The van der Waals surface area contributed by atoms with Crippen LogP contribution in [0, 0.1) is 5.41 Å². The summed E-state index contributed by atoms with van der Waals surface area (Å²) in [4.78, 5) is 20.6. The lowest BCUT2D eigenvalue weighted by molar-refractivity contribution is -0.139. The van der Waals surface area contributed by atoms with Crippen LogP contribution in [-0.4, -0.2) is 29.7 Å². The van der Waals surface area contributed by atoms with Gasteiger partial charge in [-0.2, -0.15) is 0 Å². The maximum atomic E-state index is 10.3. The van der Waals surface area contributed by atoms with E-state index in [9.17, 15) is 9.59 Å². The van der Waals surface area contributed by atoms with Gasteiger partial charge in [0.25, 0.3) is 0 Å². The molecule has 1 aromatic carbocycles. The van der Waals surface area contributed by atoms with Crippen molar-refractivity contribution in [3.05, 3.63) is 28.8 Å². The molecule has 0 aliphatic carbocycles. The molecule has 0 aromatic heterocycles. The van der Waals surface area contributed by atoms with Crippen molar-refractivity contribution < 1.29 is 19.4 Å².